The number of hydrogen-bond donors (Lipinski definition) is 3. The maximum atomic E-state index is 12.4. The van der Waals surface area contributed by atoms with Gasteiger partial charge in [0.05, 0.1) is 13.2 Å². The van der Waals surface area contributed by atoms with E-state index in [1.165, 1.54) is 5.56 Å². The second kappa shape index (κ2) is 12.7. The van der Waals surface area contributed by atoms with Gasteiger partial charge in [-0.15, -0.1) is 0 Å². The highest BCUT2D eigenvalue weighted by molar-refractivity contribution is 5.97. The van der Waals surface area contributed by atoms with Crippen LogP contribution in [-0.2, 0) is 16.1 Å². The molecule has 3 rings (SSSR count). The number of hydroxylamine groups is 1. The maximum absolute atomic E-state index is 12.4. The van der Waals surface area contributed by atoms with Gasteiger partial charge < -0.3 is 10.1 Å². The van der Waals surface area contributed by atoms with Gasteiger partial charge in [-0.3, -0.25) is 19.7 Å². The molecule has 2 aromatic carbocycles. The largest absolute Gasteiger partial charge is 0.379 e. The molecular formula is C27H31N3O4. The van der Waals surface area contributed by atoms with Gasteiger partial charge in [0.15, 0.2) is 0 Å². The van der Waals surface area contributed by atoms with Gasteiger partial charge in [0.25, 0.3) is 11.8 Å². The predicted octanol–water partition coefficient (Wildman–Crippen LogP) is 2.84. The molecule has 7 nitrogen and oxygen atoms in total. The summed E-state index contributed by atoms with van der Waals surface area (Å²) in [7, 11) is 0. The first-order valence-electron chi connectivity index (χ1n) is 11.4. The Labute approximate surface area is 200 Å². The molecule has 0 unspecified atom stereocenters. The molecule has 1 saturated heterocycles. The minimum absolute atomic E-state index is 0.169. The average molecular weight is 462 g/mol. The number of allylic oxidation sites excluding steroid dienone is 1. The zero-order valence-electron chi connectivity index (χ0n) is 19.6. The van der Waals surface area contributed by atoms with E-state index in [0.29, 0.717) is 5.56 Å². The van der Waals surface area contributed by atoms with Crippen molar-refractivity contribution >= 4 is 17.9 Å². The van der Waals surface area contributed by atoms with Crippen molar-refractivity contribution in [3.8, 4) is 11.8 Å². The van der Waals surface area contributed by atoms with Gasteiger partial charge in [-0.25, -0.2) is 5.48 Å². The molecule has 34 heavy (non-hydrogen) atoms. The number of carbonyl (C=O) groups is 2. The van der Waals surface area contributed by atoms with Crippen LogP contribution in [0.2, 0.25) is 0 Å². The van der Waals surface area contributed by atoms with Crippen LogP contribution in [0.15, 0.2) is 54.6 Å². The van der Waals surface area contributed by atoms with Crippen LogP contribution in [0.4, 0.5) is 0 Å². The number of morpholine rings is 1. The van der Waals surface area contributed by atoms with Crippen molar-refractivity contribution in [3.63, 3.8) is 0 Å². The molecule has 0 aliphatic carbocycles. The number of nitrogens with one attached hydrogen (secondary N) is 2. The van der Waals surface area contributed by atoms with Gasteiger partial charge in [0.1, 0.15) is 6.04 Å². The molecule has 1 heterocycles. The molecule has 2 amide bonds. The Balaban J connectivity index is 1.52. The van der Waals surface area contributed by atoms with E-state index in [4.69, 9.17) is 9.94 Å². The molecule has 0 saturated carbocycles. The second-order valence-electron chi connectivity index (χ2n) is 8.48. The molecule has 0 spiro atoms. The normalized spacial score (nSPS) is 14.9. The summed E-state index contributed by atoms with van der Waals surface area (Å²) >= 11 is 0. The molecule has 3 N–H and O–H groups in total. The van der Waals surface area contributed by atoms with E-state index >= 15 is 0 Å². The molecule has 7 heteroatoms. The molecule has 1 aliphatic rings. The number of hydrogen-bond acceptors (Lipinski definition) is 5. The summed E-state index contributed by atoms with van der Waals surface area (Å²) in [5.41, 5.74) is 5.14. The molecule has 0 aromatic heterocycles. The summed E-state index contributed by atoms with van der Waals surface area (Å²) in [6, 6.07) is 14.5. The Morgan fingerprint density at radius 3 is 2.38 bits per heavy atom. The summed E-state index contributed by atoms with van der Waals surface area (Å²) in [5.74, 6) is 4.98. The van der Waals surface area contributed by atoms with E-state index in [2.05, 4.69) is 34.2 Å². The lowest BCUT2D eigenvalue weighted by Crippen LogP contribution is -2.48. The van der Waals surface area contributed by atoms with Crippen LogP contribution >= 0.6 is 0 Å². The number of benzene rings is 2. The molecule has 1 fully saturated rings. The molecular weight excluding hydrogens is 430 g/mol. The third kappa shape index (κ3) is 7.56. The molecule has 0 radical (unpaired) electrons. The second-order valence-corrected chi connectivity index (χ2v) is 8.48. The fourth-order valence-electron chi connectivity index (χ4n) is 3.55. The summed E-state index contributed by atoms with van der Waals surface area (Å²) in [6.07, 6.45) is 3.65. The summed E-state index contributed by atoms with van der Waals surface area (Å²) in [4.78, 5) is 26.5. The van der Waals surface area contributed by atoms with E-state index in [1.807, 2.05) is 30.3 Å². The number of nitrogens with zero attached hydrogens (tertiary/aromatic N) is 1. The zero-order valence-corrected chi connectivity index (χ0v) is 19.6. The van der Waals surface area contributed by atoms with Crippen LogP contribution in [0.5, 0.6) is 0 Å². The fraction of sp³-hybridized carbons (Fsp3) is 0.333. The van der Waals surface area contributed by atoms with Crippen LogP contribution in [0, 0.1) is 17.8 Å². The maximum Gasteiger partial charge on any atom is 0.266 e. The molecule has 178 valence electrons. The molecule has 1 atom stereocenters. The van der Waals surface area contributed by atoms with Crippen molar-refractivity contribution < 1.29 is 19.5 Å². The topological polar surface area (TPSA) is 90.9 Å². The van der Waals surface area contributed by atoms with Crippen LogP contribution in [0.25, 0.3) is 6.08 Å². The van der Waals surface area contributed by atoms with E-state index in [9.17, 15) is 9.59 Å². The number of rotatable bonds is 7. The lowest BCUT2D eigenvalue weighted by atomic mass is 10.0. The first kappa shape index (κ1) is 25.2. The van der Waals surface area contributed by atoms with Crippen molar-refractivity contribution in [2.45, 2.75) is 26.4 Å². The highest BCUT2D eigenvalue weighted by Crippen LogP contribution is 2.10. The van der Waals surface area contributed by atoms with Gasteiger partial charge in [-0.2, -0.15) is 0 Å². The van der Waals surface area contributed by atoms with Gasteiger partial charge in [-0.1, -0.05) is 50.0 Å². The standard InChI is InChI=1S/C27H31N3O4/c1-20(2)25(27(32)29-33)28-26(31)24-13-11-22(12-14-24)6-4-3-5-21-7-9-23(10-8-21)19-30-15-17-34-18-16-30/h4,6-14,20,25,33H,15-19H2,1-2H3,(H,28,31)(H,29,32)/b6-4+/t25-/m0/s1. The lowest BCUT2D eigenvalue weighted by molar-refractivity contribution is -0.132. The Kier molecular flexibility index (Phi) is 9.41. The minimum atomic E-state index is -0.819. The average Bonchev–Trinajstić information content (AvgIpc) is 2.86. The van der Waals surface area contributed by atoms with Crippen molar-refractivity contribution in [3.05, 3.63) is 76.9 Å². The SMILES string of the molecule is CC(C)[C@H](NC(=O)c1ccc(/C=C/C#Cc2ccc(CN3CCOCC3)cc2)cc1)C(=O)NO. The van der Waals surface area contributed by atoms with E-state index in [-0.39, 0.29) is 11.8 Å². The Morgan fingerprint density at radius 2 is 1.76 bits per heavy atom. The quantitative estimate of drug-likeness (QED) is 0.335. The molecule has 0 bridgehead atoms. The monoisotopic (exact) mass is 461 g/mol. The number of carbonyl (C=O) groups excluding carboxylic acids is 2. The van der Waals surface area contributed by atoms with Gasteiger partial charge in [0.2, 0.25) is 0 Å². The molecule has 2 aromatic rings. The first-order chi connectivity index (χ1) is 16.5. The van der Waals surface area contributed by atoms with Crippen molar-refractivity contribution in [1.29, 1.82) is 0 Å². The highest BCUT2D eigenvalue weighted by Gasteiger charge is 2.24. The van der Waals surface area contributed by atoms with Crippen molar-refractivity contribution in [1.82, 2.24) is 15.7 Å². The van der Waals surface area contributed by atoms with Crippen LogP contribution in [0.3, 0.4) is 0 Å². The summed E-state index contributed by atoms with van der Waals surface area (Å²) < 4.78 is 5.39. The third-order valence-electron chi connectivity index (χ3n) is 5.56. The third-order valence-corrected chi connectivity index (χ3v) is 5.56. The predicted molar refractivity (Wildman–Crippen MR) is 131 cm³/mol. The smallest absolute Gasteiger partial charge is 0.266 e. The minimum Gasteiger partial charge on any atom is -0.379 e. The van der Waals surface area contributed by atoms with Gasteiger partial charge in [0, 0.05) is 30.8 Å². The molecule has 1 aliphatic heterocycles. The van der Waals surface area contributed by atoms with Gasteiger partial charge in [-0.05, 0) is 53.5 Å². The zero-order chi connectivity index (χ0) is 24.3. The Morgan fingerprint density at radius 1 is 1.09 bits per heavy atom. The number of ether oxygens (including phenoxy) is 1. The van der Waals surface area contributed by atoms with Crippen LogP contribution in [0.1, 0.15) is 40.9 Å². The summed E-state index contributed by atoms with van der Waals surface area (Å²) in [6.45, 7) is 8.04. The number of amides is 2. The van der Waals surface area contributed by atoms with E-state index < -0.39 is 11.9 Å². The van der Waals surface area contributed by atoms with E-state index in [1.54, 1.807) is 37.5 Å². The van der Waals surface area contributed by atoms with Crippen LogP contribution in [-0.4, -0.2) is 54.3 Å². The lowest BCUT2D eigenvalue weighted by Gasteiger charge is -2.26. The van der Waals surface area contributed by atoms with E-state index in [0.717, 1.165) is 44.0 Å². The fourth-order valence-corrected chi connectivity index (χ4v) is 3.55. The summed E-state index contributed by atoms with van der Waals surface area (Å²) in [5, 5.41) is 11.5. The van der Waals surface area contributed by atoms with Crippen LogP contribution < -0.4 is 10.8 Å². The highest BCUT2D eigenvalue weighted by atomic mass is 16.5. The first-order valence-corrected chi connectivity index (χ1v) is 11.4. The van der Waals surface area contributed by atoms with Gasteiger partial charge >= 0.3 is 0 Å². The Hall–Kier alpha value is -3.44. The van der Waals surface area contributed by atoms with Crippen molar-refractivity contribution in [2.75, 3.05) is 26.3 Å². The van der Waals surface area contributed by atoms with Crippen molar-refractivity contribution in [2.24, 2.45) is 5.92 Å². The Bertz CT molecular complexity index is 1040.